The van der Waals surface area contributed by atoms with Crippen molar-refractivity contribution in [3.05, 3.63) is 34.7 Å². The summed E-state index contributed by atoms with van der Waals surface area (Å²) in [5.74, 6) is -1.36. The number of nitrogens with two attached hydrogens (primary N) is 1. The summed E-state index contributed by atoms with van der Waals surface area (Å²) in [7, 11) is 0. The van der Waals surface area contributed by atoms with Gasteiger partial charge in [-0.15, -0.1) is 0 Å². The SMILES string of the molecule is CC1=C(C(=O)O)C(N)=C2C(C=CC(=O)C2O[C@H]2CC[C@H](NC(=O)CN3CCOCC3)CC2)N1. The summed E-state index contributed by atoms with van der Waals surface area (Å²) in [5, 5.41) is 15.8. The normalized spacial score (nSPS) is 30.6. The molecule has 4 aliphatic rings. The Kier molecular flexibility index (Phi) is 7.16. The molecular formula is C23H32N4O6. The average Bonchev–Trinajstić information content (AvgIpc) is 2.77. The fourth-order valence-electron chi connectivity index (χ4n) is 4.97. The number of nitrogens with one attached hydrogen (secondary N) is 2. The number of allylic oxidation sites excluding steroid dienone is 1. The van der Waals surface area contributed by atoms with E-state index in [0.717, 1.165) is 25.9 Å². The van der Waals surface area contributed by atoms with Gasteiger partial charge in [-0.1, -0.05) is 6.08 Å². The Morgan fingerprint density at radius 2 is 1.97 bits per heavy atom. The van der Waals surface area contributed by atoms with E-state index in [0.29, 0.717) is 43.9 Å². The Bertz CT molecular complexity index is 897. The predicted molar refractivity (Wildman–Crippen MR) is 119 cm³/mol. The van der Waals surface area contributed by atoms with E-state index in [9.17, 15) is 19.5 Å². The first-order chi connectivity index (χ1) is 15.8. The third kappa shape index (κ3) is 5.29. The van der Waals surface area contributed by atoms with Crippen molar-refractivity contribution in [2.75, 3.05) is 32.8 Å². The number of carboxylic acids is 1. The van der Waals surface area contributed by atoms with Gasteiger partial charge in [-0.05, 0) is 38.7 Å². The molecule has 10 heteroatoms. The van der Waals surface area contributed by atoms with E-state index in [1.165, 1.54) is 6.08 Å². The highest BCUT2D eigenvalue weighted by Gasteiger charge is 2.40. The fraction of sp³-hybridized carbons (Fsp3) is 0.609. The minimum Gasteiger partial charge on any atom is -0.478 e. The van der Waals surface area contributed by atoms with Crippen LogP contribution in [0.1, 0.15) is 32.6 Å². The van der Waals surface area contributed by atoms with E-state index in [2.05, 4.69) is 15.5 Å². The van der Waals surface area contributed by atoms with Crippen molar-refractivity contribution < 1.29 is 29.0 Å². The van der Waals surface area contributed by atoms with Crippen LogP contribution in [0.5, 0.6) is 0 Å². The monoisotopic (exact) mass is 460 g/mol. The number of hydrogen-bond donors (Lipinski definition) is 4. The van der Waals surface area contributed by atoms with Crippen LogP contribution >= 0.6 is 0 Å². The number of aliphatic carboxylic acids is 1. The second kappa shape index (κ2) is 10.1. The van der Waals surface area contributed by atoms with Crippen molar-refractivity contribution in [3.63, 3.8) is 0 Å². The Morgan fingerprint density at radius 3 is 2.64 bits per heavy atom. The van der Waals surface area contributed by atoms with Crippen molar-refractivity contribution in [3.8, 4) is 0 Å². The number of nitrogens with zero attached hydrogens (tertiary/aromatic N) is 1. The largest absolute Gasteiger partial charge is 0.478 e. The standard InChI is InChI=1S/C23H32N4O6/c1-13-19(23(30)31)21(24)20-16(25-13)6-7-17(28)22(20)33-15-4-2-14(3-5-15)26-18(29)12-27-8-10-32-11-9-27/h6-7,14-16,22,25H,2-5,8-12,24H2,1H3,(H,26,29)(H,30,31)/t14-,15-,16?,22?. The number of fused-ring (bicyclic) bond motifs is 1. The molecule has 2 heterocycles. The van der Waals surface area contributed by atoms with E-state index in [4.69, 9.17) is 15.2 Å². The number of morpholine rings is 1. The highest BCUT2D eigenvalue weighted by molar-refractivity contribution is 6.00. The molecule has 2 aliphatic heterocycles. The lowest BCUT2D eigenvalue weighted by Crippen LogP contribution is -2.49. The quantitative estimate of drug-likeness (QED) is 0.424. The van der Waals surface area contributed by atoms with Gasteiger partial charge in [-0.25, -0.2) is 4.79 Å². The van der Waals surface area contributed by atoms with Gasteiger partial charge in [0.15, 0.2) is 5.78 Å². The van der Waals surface area contributed by atoms with Crippen LogP contribution in [-0.2, 0) is 23.9 Å². The molecule has 0 radical (unpaired) electrons. The Balaban J connectivity index is 1.34. The number of rotatable bonds is 6. The molecule has 2 aliphatic carbocycles. The lowest BCUT2D eigenvalue weighted by molar-refractivity contribution is -0.133. The minimum absolute atomic E-state index is 0.0197. The summed E-state index contributed by atoms with van der Waals surface area (Å²) in [6.07, 6.45) is 4.98. The molecule has 1 saturated heterocycles. The Hall–Kier alpha value is -2.69. The average molecular weight is 461 g/mol. The van der Waals surface area contributed by atoms with Crippen LogP contribution in [0.15, 0.2) is 34.7 Å². The summed E-state index contributed by atoms with van der Waals surface area (Å²) in [6.45, 7) is 4.89. The molecule has 2 atom stereocenters. The van der Waals surface area contributed by atoms with Gasteiger partial charge in [0, 0.05) is 30.4 Å². The van der Waals surface area contributed by atoms with Crippen LogP contribution in [-0.4, -0.2) is 84.8 Å². The molecule has 5 N–H and O–H groups in total. The third-order valence-electron chi connectivity index (χ3n) is 6.71. The predicted octanol–water partition coefficient (Wildman–Crippen LogP) is -0.187. The van der Waals surface area contributed by atoms with Gasteiger partial charge >= 0.3 is 5.97 Å². The molecule has 0 aromatic rings. The Labute approximate surface area is 192 Å². The van der Waals surface area contributed by atoms with Gasteiger partial charge in [-0.3, -0.25) is 14.5 Å². The summed E-state index contributed by atoms with van der Waals surface area (Å²) < 4.78 is 11.5. The highest BCUT2D eigenvalue weighted by Crippen LogP contribution is 2.32. The number of ketones is 1. The number of hydrogen-bond acceptors (Lipinski definition) is 8. The molecule has 180 valence electrons. The van der Waals surface area contributed by atoms with Crippen molar-refractivity contribution in [1.29, 1.82) is 0 Å². The van der Waals surface area contributed by atoms with Gasteiger partial charge < -0.3 is 30.9 Å². The van der Waals surface area contributed by atoms with Crippen LogP contribution in [0.4, 0.5) is 0 Å². The van der Waals surface area contributed by atoms with Gasteiger partial charge in [-0.2, -0.15) is 0 Å². The molecule has 0 spiro atoms. The van der Waals surface area contributed by atoms with E-state index in [-0.39, 0.29) is 41.1 Å². The first kappa shape index (κ1) is 23.5. The third-order valence-corrected chi connectivity index (χ3v) is 6.71. The topological polar surface area (TPSA) is 143 Å². The van der Waals surface area contributed by atoms with Crippen LogP contribution in [0, 0.1) is 0 Å². The summed E-state index contributed by atoms with van der Waals surface area (Å²) in [6, 6.07) is -0.287. The number of carboxylic acid groups (broad SMARTS) is 1. The summed E-state index contributed by atoms with van der Waals surface area (Å²) >= 11 is 0. The molecule has 10 nitrogen and oxygen atoms in total. The van der Waals surface area contributed by atoms with Gasteiger partial charge in [0.1, 0.15) is 11.7 Å². The van der Waals surface area contributed by atoms with Crippen molar-refractivity contribution in [2.45, 2.75) is 56.9 Å². The first-order valence-corrected chi connectivity index (χ1v) is 11.5. The molecule has 4 rings (SSSR count). The van der Waals surface area contributed by atoms with Crippen LogP contribution in [0.25, 0.3) is 0 Å². The first-order valence-electron chi connectivity index (χ1n) is 11.5. The van der Waals surface area contributed by atoms with Crippen LogP contribution < -0.4 is 16.4 Å². The highest BCUT2D eigenvalue weighted by atomic mass is 16.5. The number of amides is 1. The smallest absolute Gasteiger partial charge is 0.339 e. The maximum atomic E-state index is 12.7. The van der Waals surface area contributed by atoms with E-state index in [1.54, 1.807) is 13.0 Å². The molecule has 2 unspecified atom stereocenters. The second-order valence-corrected chi connectivity index (χ2v) is 9.00. The number of ether oxygens (including phenoxy) is 2. The lowest BCUT2D eigenvalue weighted by atomic mass is 9.84. The molecule has 0 bridgehead atoms. The Morgan fingerprint density at radius 1 is 1.27 bits per heavy atom. The molecule has 0 aromatic heterocycles. The molecule has 1 saturated carbocycles. The zero-order valence-corrected chi connectivity index (χ0v) is 18.8. The van der Waals surface area contributed by atoms with Gasteiger partial charge in [0.2, 0.25) is 5.91 Å². The number of carbonyl (C=O) groups is 3. The number of dihydropyridines is 1. The van der Waals surface area contributed by atoms with Crippen molar-refractivity contribution >= 4 is 17.7 Å². The van der Waals surface area contributed by atoms with Gasteiger partial charge in [0.25, 0.3) is 0 Å². The minimum atomic E-state index is -1.14. The summed E-state index contributed by atoms with van der Waals surface area (Å²) in [5.41, 5.74) is 7.20. The van der Waals surface area contributed by atoms with Crippen LogP contribution in [0.2, 0.25) is 0 Å². The second-order valence-electron chi connectivity index (χ2n) is 9.00. The zero-order valence-electron chi connectivity index (χ0n) is 18.8. The molecule has 2 fully saturated rings. The maximum Gasteiger partial charge on any atom is 0.339 e. The lowest BCUT2D eigenvalue weighted by Gasteiger charge is -2.37. The van der Waals surface area contributed by atoms with Gasteiger partial charge in [0.05, 0.1) is 37.6 Å². The van der Waals surface area contributed by atoms with E-state index in [1.807, 2.05) is 0 Å². The fourth-order valence-corrected chi connectivity index (χ4v) is 4.97. The van der Waals surface area contributed by atoms with Crippen LogP contribution in [0.3, 0.4) is 0 Å². The van der Waals surface area contributed by atoms with Crippen molar-refractivity contribution in [1.82, 2.24) is 15.5 Å². The molecule has 33 heavy (non-hydrogen) atoms. The molecular weight excluding hydrogens is 428 g/mol. The van der Waals surface area contributed by atoms with E-state index >= 15 is 0 Å². The molecule has 0 aromatic carbocycles. The van der Waals surface area contributed by atoms with E-state index < -0.39 is 12.1 Å². The molecule has 1 amide bonds. The maximum absolute atomic E-state index is 12.7. The van der Waals surface area contributed by atoms with Crippen molar-refractivity contribution in [2.24, 2.45) is 5.73 Å². The summed E-state index contributed by atoms with van der Waals surface area (Å²) in [4.78, 5) is 38.8. The zero-order chi connectivity index (χ0) is 23.5. The number of carbonyl (C=O) groups excluding carboxylic acids is 2.